The number of pyridine rings is 1. The van der Waals surface area contributed by atoms with Crippen LogP contribution in [-0.4, -0.2) is 0 Å². The van der Waals surface area contributed by atoms with Crippen molar-refractivity contribution in [1.29, 1.82) is 10.5 Å². The number of aryl methyl sites for hydroxylation is 1. The topological polar surface area (TPSA) is 87.7 Å². The maximum absolute atomic E-state index is 12.7. The van der Waals surface area contributed by atoms with Gasteiger partial charge in [0, 0.05) is 0 Å². The summed E-state index contributed by atoms with van der Waals surface area (Å²) in [5, 5.41) is 17.3. The van der Waals surface area contributed by atoms with E-state index in [0.717, 1.165) is 0 Å². The fourth-order valence-electron chi connectivity index (χ4n) is 1.31. The van der Waals surface area contributed by atoms with E-state index in [2.05, 4.69) is 4.98 Å². The van der Waals surface area contributed by atoms with Gasteiger partial charge in [-0.3, -0.25) is 5.73 Å². The lowest BCUT2D eigenvalue weighted by atomic mass is 10.0. The van der Waals surface area contributed by atoms with Gasteiger partial charge >= 0.3 is 6.18 Å². The van der Waals surface area contributed by atoms with Crippen molar-refractivity contribution in [2.45, 2.75) is 13.1 Å². The number of nitrogens with one attached hydrogen (secondary N) is 1. The van der Waals surface area contributed by atoms with Crippen LogP contribution in [0.5, 0.6) is 0 Å². The fourth-order valence-corrected chi connectivity index (χ4v) is 1.31. The highest BCUT2D eigenvalue weighted by molar-refractivity contribution is 5.57. The Bertz CT molecular complexity index is 481. The van der Waals surface area contributed by atoms with Crippen LogP contribution in [0.25, 0.3) is 0 Å². The predicted molar refractivity (Wildman–Crippen MR) is 46.6 cm³/mol. The Labute approximate surface area is 88.7 Å². The molecule has 3 N–H and O–H groups in total. The van der Waals surface area contributed by atoms with Gasteiger partial charge in [-0.05, 0) is 6.92 Å². The zero-order chi connectivity index (χ0) is 12.5. The number of nitrogens with zero attached hydrogens (tertiary/aromatic N) is 2. The largest absolute Gasteiger partial charge is 0.419 e. The molecule has 1 aromatic rings. The minimum absolute atomic E-state index is 0.0219. The van der Waals surface area contributed by atoms with Crippen LogP contribution in [0.3, 0.4) is 0 Å². The monoisotopic (exact) mass is 227 g/mol. The third kappa shape index (κ3) is 1.75. The molecule has 1 aromatic heterocycles. The number of hydrogen-bond acceptors (Lipinski definition) is 3. The van der Waals surface area contributed by atoms with Crippen molar-refractivity contribution in [3.63, 3.8) is 0 Å². The summed E-state index contributed by atoms with van der Waals surface area (Å²) in [5.41, 5.74) is 2.59. The maximum atomic E-state index is 12.7. The molecule has 1 heterocycles. The molecule has 0 spiro atoms. The number of aromatic nitrogens is 1. The van der Waals surface area contributed by atoms with Gasteiger partial charge in [0.15, 0.2) is 5.56 Å². The Balaban J connectivity index is 3.81. The Kier molecular flexibility index (Phi) is 2.73. The summed E-state index contributed by atoms with van der Waals surface area (Å²) < 4.78 is 38.0. The lowest BCUT2D eigenvalue weighted by molar-refractivity contribution is -0.371. The van der Waals surface area contributed by atoms with E-state index in [1.165, 1.54) is 19.1 Å². The van der Waals surface area contributed by atoms with Crippen LogP contribution in [0.15, 0.2) is 0 Å². The van der Waals surface area contributed by atoms with E-state index < -0.39 is 28.7 Å². The second kappa shape index (κ2) is 3.70. The molecule has 0 saturated carbocycles. The molecule has 0 bridgehead atoms. The summed E-state index contributed by atoms with van der Waals surface area (Å²) in [6.45, 7) is 1.28. The third-order valence-electron chi connectivity index (χ3n) is 1.97. The van der Waals surface area contributed by atoms with E-state index in [-0.39, 0.29) is 5.69 Å². The molecular weight excluding hydrogens is 221 g/mol. The first kappa shape index (κ1) is 11.8. The number of rotatable bonds is 0. The van der Waals surface area contributed by atoms with Crippen LogP contribution in [0.1, 0.15) is 22.4 Å². The number of halogens is 3. The van der Waals surface area contributed by atoms with E-state index >= 15 is 0 Å². The minimum Gasteiger partial charge on any atom is -0.286 e. The van der Waals surface area contributed by atoms with Gasteiger partial charge in [-0.15, -0.1) is 0 Å². The molecule has 0 radical (unpaired) electrons. The first-order chi connectivity index (χ1) is 7.32. The van der Waals surface area contributed by atoms with Gasteiger partial charge in [0.1, 0.15) is 29.0 Å². The molecule has 0 fully saturated rings. The van der Waals surface area contributed by atoms with Crippen LogP contribution in [-0.2, 0) is 6.18 Å². The number of nitrogen functional groups attached to an aromatic ring is 1. The smallest absolute Gasteiger partial charge is 0.286 e. The average molecular weight is 227 g/mol. The van der Waals surface area contributed by atoms with E-state index in [4.69, 9.17) is 16.3 Å². The summed E-state index contributed by atoms with van der Waals surface area (Å²) in [6, 6.07) is 2.76. The Morgan fingerprint density at radius 3 is 2.06 bits per heavy atom. The second-order valence-corrected chi connectivity index (χ2v) is 3.01. The van der Waals surface area contributed by atoms with Crippen molar-refractivity contribution in [2.24, 2.45) is 0 Å². The summed E-state index contributed by atoms with van der Waals surface area (Å²) >= 11 is 0. The van der Waals surface area contributed by atoms with Crippen molar-refractivity contribution < 1.29 is 18.2 Å². The van der Waals surface area contributed by atoms with E-state index in [9.17, 15) is 13.2 Å². The molecule has 4 nitrogen and oxygen atoms in total. The molecule has 1 rings (SSSR count). The van der Waals surface area contributed by atoms with Crippen molar-refractivity contribution in [2.75, 3.05) is 5.73 Å². The van der Waals surface area contributed by atoms with Gasteiger partial charge in [-0.1, -0.05) is 0 Å². The van der Waals surface area contributed by atoms with Crippen LogP contribution >= 0.6 is 0 Å². The Hall–Kier alpha value is -2.28. The number of alkyl halides is 3. The Morgan fingerprint density at radius 1 is 1.19 bits per heavy atom. The highest BCUT2D eigenvalue weighted by Gasteiger charge is 2.40. The number of aromatic amines is 1. The molecule has 0 aliphatic heterocycles. The molecule has 0 unspecified atom stereocenters. The van der Waals surface area contributed by atoms with Crippen LogP contribution < -0.4 is 10.7 Å². The molecule has 0 aromatic carbocycles. The quantitative estimate of drug-likeness (QED) is 0.721. The van der Waals surface area contributed by atoms with Gasteiger partial charge in [0.2, 0.25) is 0 Å². The fraction of sp³-hybridized carbons (Fsp3) is 0.222. The van der Waals surface area contributed by atoms with Gasteiger partial charge in [0.25, 0.3) is 5.82 Å². The van der Waals surface area contributed by atoms with Crippen molar-refractivity contribution in [3.8, 4) is 12.1 Å². The van der Waals surface area contributed by atoms with Crippen molar-refractivity contribution in [1.82, 2.24) is 0 Å². The summed E-state index contributed by atoms with van der Waals surface area (Å²) in [4.78, 5) is 2.35. The first-order valence-corrected chi connectivity index (χ1v) is 4.05. The molecule has 16 heavy (non-hydrogen) atoms. The highest BCUT2D eigenvalue weighted by atomic mass is 19.4. The third-order valence-corrected chi connectivity index (χ3v) is 1.97. The number of nitriles is 2. The summed E-state index contributed by atoms with van der Waals surface area (Å²) in [5.74, 6) is -0.397. The number of hydrogen-bond donors (Lipinski definition) is 1. The van der Waals surface area contributed by atoms with Crippen LogP contribution in [0, 0.1) is 29.6 Å². The summed E-state index contributed by atoms with van der Waals surface area (Å²) in [6.07, 6.45) is -4.79. The normalized spacial score (nSPS) is 10.6. The van der Waals surface area contributed by atoms with Crippen molar-refractivity contribution in [3.05, 3.63) is 22.4 Å². The van der Waals surface area contributed by atoms with Crippen LogP contribution in [0.4, 0.5) is 19.0 Å². The van der Waals surface area contributed by atoms with Gasteiger partial charge in [-0.25, -0.2) is 4.98 Å². The SMILES string of the molecule is Cc1[nH+]c(N)c(C#N)c(C(F)(F)F)c1C#N. The van der Waals surface area contributed by atoms with Gasteiger partial charge < -0.3 is 0 Å². The molecule has 0 aliphatic rings. The van der Waals surface area contributed by atoms with Crippen LogP contribution in [0.2, 0.25) is 0 Å². The lowest BCUT2D eigenvalue weighted by Crippen LogP contribution is -2.24. The molecular formula is C9H6F3N4+. The number of anilines is 1. The van der Waals surface area contributed by atoms with Gasteiger partial charge in [0.05, 0.1) is 0 Å². The van der Waals surface area contributed by atoms with E-state index in [1.807, 2.05) is 0 Å². The van der Waals surface area contributed by atoms with Gasteiger partial charge in [-0.2, -0.15) is 23.7 Å². The lowest BCUT2D eigenvalue weighted by Gasteiger charge is -2.10. The molecule has 82 valence electrons. The predicted octanol–water partition coefficient (Wildman–Crippen LogP) is 1.15. The van der Waals surface area contributed by atoms with E-state index in [0.29, 0.717) is 0 Å². The molecule has 0 atom stereocenters. The Morgan fingerprint density at radius 2 is 1.69 bits per heavy atom. The standard InChI is InChI=1S/C9H5F3N4/c1-4-5(2-13)7(9(10,11)12)6(3-14)8(15)16-4/h1H3,(H2,15,16)/p+1. The minimum atomic E-state index is -4.79. The zero-order valence-electron chi connectivity index (χ0n) is 8.11. The molecule has 0 aliphatic carbocycles. The molecule has 7 heteroatoms. The molecule has 0 amide bonds. The number of H-pyrrole nitrogens is 1. The maximum Gasteiger partial charge on any atom is 0.419 e. The second-order valence-electron chi connectivity index (χ2n) is 3.01. The van der Waals surface area contributed by atoms with E-state index in [1.54, 1.807) is 0 Å². The zero-order valence-corrected chi connectivity index (χ0v) is 8.11. The molecule has 0 saturated heterocycles. The highest BCUT2D eigenvalue weighted by Crippen LogP contribution is 2.35. The average Bonchev–Trinajstić information content (AvgIpc) is 2.15. The first-order valence-electron chi connectivity index (χ1n) is 4.05. The summed E-state index contributed by atoms with van der Waals surface area (Å²) in [7, 11) is 0. The van der Waals surface area contributed by atoms with Crippen molar-refractivity contribution >= 4 is 5.82 Å². The number of nitrogens with two attached hydrogens (primary N) is 1.